The molecule has 2 aromatic rings. The van der Waals surface area contributed by atoms with E-state index in [1.807, 2.05) is 47.4 Å². The highest BCUT2D eigenvalue weighted by molar-refractivity contribution is 5.93. The predicted octanol–water partition coefficient (Wildman–Crippen LogP) is 2.92. The average molecular weight is 326 g/mol. The molecule has 2 N–H and O–H groups in total. The van der Waals surface area contributed by atoms with E-state index in [0.29, 0.717) is 13.1 Å². The molecule has 1 amide bonds. The van der Waals surface area contributed by atoms with E-state index in [4.69, 9.17) is 5.11 Å². The summed E-state index contributed by atoms with van der Waals surface area (Å²) in [7, 11) is 0. The van der Waals surface area contributed by atoms with Gasteiger partial charge in [-0.1, -0.05) is 55.5 Å². The van der Waals surface area contributed by atoms with Crippen LogP contribution in [0.2, 0.25) is 0 Å². The van der Waals surface area contributed by atoms with Crippen LogP contribution >= 0.6 is 0 Å². The van der Waals surface area contributed by atoms with Crippen LogP contribution in [-0.4, -0.2) is 42.2 Å². The molecule has 0 aliphatic heterocycles. The fourth-order valence-electron chi connectivity index (χ4n) is 2.73. The molecular weight excluding hydrogens is 300 g/mol. The quantitative estimate of drug-likeness (QED) is 0.745. The van der Waals surface area contributed by atoms with E-state index in [1.54, 1.807) is 0 Å². The minimum Gasteiger partial charge on any atom is -0.395 e. The Labute approximate surface area is 144 Å². The summed E-state index contributed by atoms with van der Waals surface area (Å²) < 4.78 is 0. The van der Waals surface area contributed by atoms with Gasteiger partial charge in [0.05, 0.1) is 13.2 Å². The van der Waals surface area contributed by atoms with E-state index in [-0.39, 0.29) is 12.5 Å². The highest BCUT2D eigenvalue weighted by Crippen LogP contribution is 2.19. The molecule has 2 rings (SSSR count). The van der Waals surface area contributed by atoms with Gasteiger partial charge < -0.3 is 10.4 Å². The summed E-state index contributed by atoms with van der Waals surface area (Å²) in [5.74, 6) is -0.0441. The largest absolute Gasteiger partial charge is 0.395 e. The lowest BCUT2D eigenvalue weighted by molar-refractivity contribution is -0.117. The third-order valence-electron chi connectivity index (χ3n) is 3.85. The Kier molecular flexibility index (Phi) is 7.46. The molecule has 0 radical (unpaired) electrons. The summed E-state index contributed by atoms with van der Waals surface area (Å²) in [4.78, 5) is 14.3. The van der Waals surface area contributed by atoms with Crippen molar-refractivity contribution in [3.05, 3.63) is 65.7 Å². The van der Waals surface area contributed by atoms with Gasteiger partial charge >= 0.3 is 0 Å². The van der Waals surface area contributed by atoms with Gasteiger partial charge in [0.25, 0.3) is 0 Å². The molecule has 24 heavy (non-hydrogen) atoms. The number of carbonyl (C=O) groups is 1. The molecular formula is C20H26N2O2. The molecule has 0 saturated heterocycles. The first kappa shape index (κ1) is 18.2. The standard InChI is InChI=1S/C20H26N2O2/c1-2-12-22(13-14-23)16-20(24)21-19-11-7-6-10-18(19)15-17-8-4-3-5-9-17/h3-11,23H,2,12-16H2,1H3,(H,21,24). The SMILES string of the molecule is CCCN(CCO)CC(=O)Nc1ccccc1Cc1ccccc1. The van der Waals surface area contributed by atoms with Crippen molar-refractivity contribution in [3.8, 4) is 0 Å². The highest BCUT2D eigenvalue weighted by atomic mass is 16.3. The van der Waals surface area contributed by atoms with E-state index in [9.17, 15) is 4.79 Å². The first-order chi connectivity index (χ1) is 11.7. The first-order valence-corrected chi connectivity index (χ1v) is 8.47. The number of nitrogens with zero attached hydrogens (tertiary/aromatic N) is 1. The second-order valence-corrected chi connectivity index (χ2v) is 5.87. The Morgan fingerprint density at radius 2 is 1.75 bits per heavy atom. The van der Waals surface area contributed by atoms with E-state index in [1.165, 1.54) is 5.56 Å². The smallest absolute Gasteiger partial charge is 0.238 e. The molecule has 128 valence electrons. The van der Waals surface area contributed by atoms with Gasteiger partial charge in [-0.3, -0.25) is 9.69 Å². The molecule has 0 aliphatic rings. The van der Waals surface area contributed by atoms with Crippen LogP contribution in [0.3, 0.4) is 0 Å². The van der Waals surface area contributed by atoms with Crippen molar-refractivity contribution < 1.29 is 9.90 Å². The summed E-state index contributed by atoms with van der Waals surface area (Å²) in [6.07, 6.45) is 1.74. The monoisotopic (exact) mass is 326 g/mol. The lowest BCUT2D eigenvalue weighted by Crippen LogP contribution is -2.35. The molecule has 0 bridgehead atoms. The lowest BCUT2D eigenvalue weighted by atomic mass is 10.0. The van der Waals surface area contributed by atoms with Crippen molar-refractivity contribution in [2.75, 3.05) is 31.6 Å². The van der Waals surface area contributed by atoms with Crippen molar-refractivity contribution in [3.63, 3.8) is 0 Å². The van der Waals surface area contributed by atoms with Crippen LogP contribution < -0.4 is 5.32 Å². The Balaban J connectivity index is 2.02. The Morgan fingerprint density at radius 1 is 1.04 bits per heavy atom. The maximum atomic E-state index is 12.3. The molecule has 4 heteroatoms. The Morgan fingerprint density at radius 3 is 2.46 bits per heavy atom. The maximum Gasteiger partial charge on any atom is 0.238 e. The summed E-state index contributed by atoms with van der Waals surface area (Å²) in [5.41, 5.74) is 3.17. The van der Waals surface area contributed by atoms with Gasteiger partial charge in [0.2, 0.25) is 5.91 Å². The Hall–Kier alpha value is -2.17. The van der Waals surface area contributed by atoms with Crippen LogP contribution in [0.15, 0.2) is 54.6 Å². The zero-order valence-electron chi connectivity index (χ0n) is 14.2. The van der Waals surface area contributed by atoms with E-state index in [2.05, 4.69) is 24.4 Å². The number of para-hydroxylation sites is 1. The Bertz CT molecular complexity index is 623. The van der Waals surface area contributed by atoms with Gasteiger partial charge in [-0.15, -0.1) is 0 Å². The van der Waals surface area contributed by atoms with Crippen LogP contribution in [0.4, 0.5) is 5.69 Å². The van der Waals surface area contributed by atoms with E-state index in [0.717, 1.165) is 30.6 Å². The summed E-state index contributed by atoms with van der Waals surface area (Å²) in [6, 6.07) is 18.1. The molecule has 2 aromatic carbocycles. The van der Waals surface area contributed by atoms with Crippen LogP contribution in [0.25, 0.3) is 0 Å². The molecule has 0 aliphatic carbocycles. The van der Waals surface area contributed by atoms with Crippen LogP contribution in [-0.2, 0) is 11.2 Å². The summed E-state index contributed by atoms with van der Waals surface area (Å²) in [6.45, 7) is 3.76. The zero-order valence-corrected chi connectivity index (χ0v) is 14.2. The molecule has 0 atom stereocenters. The number of rotatable bonds is 9. The van der Waals surface area contributed by atoms with Crippen LogP contribution in [0, 0.1) is 0 Å². The fraction of sp³-hybridized carbons (Fsp3) is 0.350. The molecule has 0 heterocycles. The third-order valence-corrected chi connectivity index (χ3v) is 3.85. The maximum absolute atomic E-state index is 12.3. The summed E-state index contributed by atoms with van der Waals surface area (Å²) >= 11 is 0. The highest BCUT2D eigenvalue weighted by Gasteiger charge is 2.11. The predicted molar refractivity (Wildman–Crippen MR) is 98.1 cm³/mol. The minimum atomic E-state index is -0.0441. The normalized spacial score (nSPS) is 10.8. The number of hydrogen-bond donors (Lipinski definition) is 2. The zero-order chi connectivity index (χ0) is 17.2. The van der Waals surface area contributed by atoms with Crippen LogP contribution in [0.5, 0.6) is 0 Å². The van der Waals surface area contributed by atoms with E-state index >= 15 is 0 Å². The van der Waals surface area contributed by atoms with Gasteiger partial charge in [0.15, 0.2) is 0 Å². The minimum absolute atomic E-state index is 0.0441. The molecule has 0 aromatic heterocycles. The van der Waals surface area contributed by atoms with Crippen molar-refractivity contribution in [2.45, 2.75) is 19.8 Å². The third kappa shape index (κ3) is 5.80. The van der Waals surface area contributed by atoms with Crippen molar-refractivity contribution in [1.82, 2.24) is 4.90 Å². The number of nitrogens with one attached hydrogen (secondary N) is 1. The number of hydrogen-bond acceptors (Lipinski definition) is 3. The first-order valence-electron chi connectivity index (χ1n) is 8.47. The van der Waals surface area contributed by atoms with E-state index < -0.39 is 0 Å². The average Bonchev–Trinajstić information content (AvgIpc) is 2.58. The second kappa shape index (κ2) is 9.85. The van der Waals surface area contributed by atoms with Gasteiger partial charge in [0, 0.05) is 12.2 Å². The number of benzene rings is 2. The molecule has 4 nitrogen and oxygen atoms in total. The number of aliphatic hydroxyl groups is 1. The number of amides is 1. The molecule has 0 spiro atoms. The fourth-order valence-corrected chi connectivity index (χ4v) is 2.73. The number of aliphatic hydroxyl groups excluding tert-OH is 1. The van der Waals surface area contributed by atoms with Gasteiger partial charge in [-0.25, -0.2) is 0 Å². The topological polar surface area (TPSA) is 52.6 Å². The van der Waals surface area contributed by atoms with Crippen molar-refractivity contribution in [2.24, 2.45) is 0 Å². The molecule has 0 fully saturated rings. The lowest BCUT2D eigenvalue weighted by Gasteiger charge is -2.20. The van der Waals surface area contributed by atoms with Gasteiger partial charge in [0.1, 0.15) is 0 Å². The molecule has 0 saturated carbocycles. The van der Waals surface area contributed by atoms with Gasteiger partial charge in [-0.05, 0) is 36.6 Å². The molecule has 0 unspecified atom stereocenters. The summed E-state index contributed by atoms with van der Waals surface area (Å²) in [5, 5.41) is 12.1. The second-order valence-electron chi connectivity index (χ2n) is 5.87. The number of carbonyl (C=O) groups excluding carboxylic acids is 1. The number of anilines is 1. The van der Waals surface area contributed by atoms with Crippen molar-refractivity contribution >= 4 is 11.6 Å². The van der Waals surface area contributed by atoms with Gasteiger partial charge in [-0.2, -0.15) is 0 Å². The van der Waals surface area contributed by atoms with Crippen LogP contribution in [0.1, 0.15) is 24.5 Å². The van der Waals surface area contributed by atoms with Crippen molar-refractivity contribution in [1.29, 1.82) is 0 Å².